The topological polar surface area (TPSA) is 87.7 Å². The van der Waals surface area contributed by atoms with Crippen molar-refractivity contribution in [3.05, 3.63) is 42.0 Å². The number of ether oxygens (including phenoxy) is 1. The Labute approximate surface area is 206 Å². The molecule has 6 rings (SSSR count). The van der Waals surface area contributed by atoms with Gasteiger partial charge in [0.15, 0.2) is 0 Å². The van der Waals surface area contributed by atoms with Crippen LogP contribution < -0.4 is 10.6 Å². The summed E-state index contributed by atoms with van der Waals surface area (Å²) < 4.78 is 6.43. The third kappa shape index (κ3) is 3.53. The summed E-state index contributed by atoms with van der Waals surface area (Å²) in [4.78, 5) is 42.9. The molecule has 2 saturated heterocycles. The van der Waals surface area contributed by atoms with Crippen molar-refractivity contribution in [1.29, 1.82) is 0 Å². The molecule has 7 nitrogen and oxygen atoms in total. The van der Waals surface area contributed by atoms with Crippen molar-refractivity contribution >= 4 is 23.4 Å². The molecule has 7 heteroatoms. The number of nitrogens with zero attached hydrogens (tertiary/aromatic N) is 1. The highest BCUT2D eigenvalue weighted by molar-refractivity contribution is 6.03. The third-order valence-electron chi connectivity index (χ3n) is 9.12. The first kappa shape index (κ1) is 22.8. The molecule has 3 aliphatic heterocycles. The zero-order valence-corrected chi connectivity index (χ0v) is 20.7. The van der Waals surface area contributed by atoms with Crippen molar-refractivity contribution in [3.63, 3.8) is 0 Å². The molecule has 3 amide bonds. The van der Waals surface area contributed by atoms with Gasteiger partial charge in [-0.25, -0.2) is 0 Å². The first-order chi connectivity index (χ1) is 16.8. The van der Waals surface area contributed by atoms with Crippen molar-refractivity contribution in [2.45, 2.75) is 82.7 Å². The van der Waals surface area contributed by atoms with Crippen molar-refractivity contribution in [2.75, 3.05) is 5.32 Å². The van der Waals surface area contributed by atoms with Gasteiger partial charge in [0, 0.05) is 17.8 Å². The van der Waals surface area contributed by atoms with Crippen LogP contribution in [0.1, 0.15) is 51.5 Å². The Balaban J connectivity index is 1.29. The van der Waals surface area contributed by atoms with Gasteiger partial charge in [-0.2, -0.15) is 0 Å². The van der Waals surface area contributed by atoms with Crippen LogP contribution >= 0.6 is 0 Å². The lowest BCUT2D eigenvalue weighted by atomic mass is 9.73. The number of carbonyl (C=O) groups is 3. The van der Waals surface area contributed by atoms with E-state index in [2.05, 4.69) is 24.5 Å². The number of hydrogen-bond acceptors (Lipinski definition) is 4. The van der Waals surface area contributed by atoms with E-state index in [9.17, 15) is 14.4 Å². The Morgan fingerprint density at radius 3 is 2.66 bits per heavy atom. The minimum absolute atomic E-state index is 0.0532. The van der Waals surface area contributed by atoms with Gasteiger partial charge in [0.05, 0.1) is 17.9 Å². The fourth-order valence-electron chi connectivity index (χ4n) is 6.95. The Morgan fingerprint density at radius 2 is 1.91 bits per heavy atom. The van der Waals surface area contributed by atoms with Crippen LogP contribution in [-0.2, 0) is 19.1 Å². The predicted molar refractivity (Wildman–Crippen MR) is 131 cm³/mol. The molecule has 0 unspecified atom stereocenters. The van der Waals surface area contributed by atoms with Crippen LogP contribution in [0.3, 0.4) is 0 Å². The second kappa shape index (κ2) is 8.19. The van der Waals surface area contributed by atoms with E-state index >= 15 is 0 Å². The van der Waals surface area contributed by atoms with Crippen LogP contribution in [0.4, 0.5) is 5.69 Å². The molecular formula is C28H35N3O4. The zero-order chi connectivity index (χ0) is 24.5. The smallest absolute Gasteiger partial charge is 0.246 e. The van der Waals surface area contributed by atoms with Gasteiger partial charge in [-0.05, 0) is 55.7 Å². The Morgan fingerprint density at radius 1 is 1.11 bits per heavy atom. The molecule has 0 aromatic heterocycles. The molecule has 1 spiro atoms. The molecule has 4 fully saturated rings. The van der Waals surface area contributed by atoms with E-state index in [1.165, 1.54) is 6.42 Å². The highest BCUT2D eigenvalue weighted by Gasteiger charge is 2.74. The molecule has 5 aliphatic rings. The SMILES string of the molecule is Cc1cccc(NC(=O)[C@@H]2[C@@H]3C=C[C@]4(O3)[C@@H]2C(=O)N(C2CC2)[C@H]4C(=O)N[C@@H]2CCC[C@H](C)[C@H]2C)c1. The Bertz CT molecular complexity index is 1100. The molecule has 8 atom stereocenters. The van der Waals surface area contributed by atoms with Crippen LogP contribution in [0, 0.1) is 30.6 Å². The number of nitrogens with one attached hydrogen (secondary N) is 2. The lowest BCUT2D eigenvalue weighted by molar-refractivity contribution is -0.142. The molecular weight excluding hydrogens is 442 g/mol. The normalized spacial score (nSPS) is 39.6. The average Bonchev–Trinajstić information content (AvgIpc) is 3.41. The van der Waals surface area contributed by atoms with Gasteiger partial charge >= 0.3 is 0 Å². The molecule has 35 heavy (non-hydrogen) atoms. The predicted octanol–water partition coefficient (Wildman–Crippen LogP) is 3.19. The van der Waals surface area contributed by atoms with Crippen molar-refractivity contribution < 1.29 is 19.1 Å². The first-order valence-corrected chi connectivity index (χ1v) is 13.2. The number of hydrogen-bond donors (Lipinski definition) is 2. The van der Waals surface area contributed by atoms with E-state index in [1.54, 1.807) is 4.90 Å². The summed E-state index contributed by atoms with van der Waals surface area (Å²) >= 11 is 0. The maximum absolute atomic E-state index is 13.9. The summed E-state index contributed by atoms with van der Waals surface area (Å²) in [6.07, 6.45) is 8.30. The number of fused-ring (bicyclic) bond motifs is 1. The van der Waals surface area contributed by atoms with E-state index in [-0.39, 0.29) is 29.8 Å². The fraction of sp³-hybridized carbons (Fsp3) is 0.607. The van der Waals surface area contributed by atoms with E-state index in [0.29, 0.717) is 17.5 Å². The summed E-state index contributed by atoms with van der Waals surface area (Å²) in [6.45, 7) is 6.42. The maximum Gasteiger partial charge on any atom is 0.246 e. The van der Waals surface area contributed by atoms with Gasteiger partial charge < -0.3 is 20.3 Å². The zero-order valence-electron chi connectivity index (χ0n) is 20.7. The number of likely N-dealkylation sites (tertiary alicyclic amines) is 1. The maximum atomic E-state index is 13.9. The minimum Gasteiger partial charge on any atom is -0.359 e. The van der Waals surface area contributed by atoms with E-state index in [4.69, 9.17) is 4.74 Å². The number of anilines is 1. The van der Waals surface area contributed by atoms with Crippen LogP contribution in [0.25, 0.3) is 0 Å². The quantitative estimate of drug-likeness (QED) is 0.638. The number of benzene rings is 1. The molecule has 2 saturated carbocycles. The monoisotopic (exact) mass is 477 g/mol. The average molecular weight is 478 g/mol. The van der Waals surface area contributed by atoms with E-state index in [0.717, 1.165) is 31.2 Å². The third-order valence-corrected chi connectivity index (χ3v) is 9.12. The van der Waals surface area contributed by atoms with E-state index < -0.39 is 29.6 Å². The highest BCUT2D eigenvalue weighted by Crippen LogP contribution is 2.57. The van der Waals surface area contributed by atoms with Gasteiger partial charge in [0.25, 0.3) is 0 Å². The largest absolute Gasteiger partial charge is 0.359 e. The molecule has 1 aromatic carbocycles. The number of rotatable bonds is 5. The molecule has 2 N–H and O–H groups in total. The van der Waals surface area contributed by atoms with Crippen molar-refractivity contribution in [3.8, 4) is 0 Å². The second-order valence-electron chi connectivity index (χ2n) is 11.4. The van der Waals surface area contributed by atoms with Gasteiger partial charge in [-0.3, -0.25) is 14.4 Å². The van der Waals surface area contributed by atoms with E-state index in [1.807, 2.05) is 43.3 Å². The van der Waals surface area contributed by atoms with Crippen LogP contribution in [0.5, 0.6) is 0 Å². The fourth-order valence-corrected chi connectivity index (χ4v) is 6.95. The van der Waals surface area contributed by atoms with Crippen LogP contribution in [-0.4, -0.2) is 52.5 Å². The number of aryl methyl sites for hydroxylation is 1. The minimum atomic E-state index is -1.08. The van der Waals surface area contributed by atoms with Crippen LogP contribution in [0.2, 0.25) is 0 Å². The summed E-state index contributed by atoms with van der Waals surface area (Å²) in [5, 5.41) is 6.30. The Hall–Kier alpha value is -2.67. The highest BCUT2D eigenvalue weighted by atomic mass is 16.5. The Kier molecular flexibility index (Phi) is 5.33. The summed E-state index contributed by atoms with van der Waals surface area (Å²) in [7, 11) is 0. The molecule has 2 aliphatic carbocycles. The second-order valence-corrected chi connectivity index (χ2v) is 11.4. The standard InChI is InChI=1S/C28H35N3O4/c1-15-6-4-8-18(14-15)29-25(32)22-21-12-13-28(35-21)23(22)27(34)31(19-10-11-19)24(28)26(33)30-20-9-5-7-16(2)17(20)3/h4,6,8,12-14,16-17,19-24H,5,7,9-11H2,1-3H3,(H,29,32)(H,30,33)/t16-,17+,20+,21-,22+,23-,24-,28-/m0/s1. The molecule has 0 radical (unpaired) electrons. The van der Waals surface area contributed by atoms with Gasteiger partial charge in [-0.1, -0.05) is 51.0 Å². The molecule has 186 valence electrons. The lowest BCUT2D eigenvalue weighted by Crippen LogP contribution is -2.58. The number of carbonyl (C=O) groups excluding carboxylic acids is 3. The number of amides is 3. The summed E-state index contributed by atoms with van der Waals surface area (Å²) in [5.74, 6) is -0.869. The molecule has 1 aromatic rings. The van der Waals surface area contributed by atoms with Gasteiger partial charge in [0.1, 0.15) is 11.6 Å². The van der Waals surface area contributed by atoms with Crippen LogP contribution in [0.15, 0.2) is 36.4 Å². The summed E-state index contributed by atoms with van der Waals surface area (Å²) in [6, 6.07) is 7.05. The molecule has 2 bridgehead atoms. The lowest BCUT2D eigenvalue weighted by Gasteiger charge is -2.38. The first-order valence-electron chi connectivity index (χ1n) is 13.2. The van der Waals surface area contributed by atoms with Gasteiger partial charge in [0.2, 0.25) is 17.7 Å². The summed E-state index contributed by atoms with van der Waals surface area (Å²) in [5.41, 5.74) is 0.672. The van der Waals surface area contributed by atoms with Crippen molar-refractivity contribution in [2.24, 2.45) is 23.7 Å². The van der Waals surface area contributed by atoms with Gasteiger partial charge in [-0.15, -0.1) is 0 Å². The molecule has 3 heterocycles. The van der Waals surface area contributed by atoms with Crippen molar-refractivity contribution in [1.82, 2.24) is 10.2 Å².